The summed E-state index contributed by atoms with van der Waals surface area (Å²) in [6, 6.07) is -5.50. The standard InChI is InChI=1S/C19H32N6O9S/c1-35-7-6-11(23-16(30)9(20)8-14(22)27)18(32)24-10(3-5-15(28)29)17(31)25-12(19(33)34)2-4-13(21)26/h9-12H,2-8,20H2,1H3,(H2,21,26)(H2,22,27)(H,23,30)(H,24,32)(H,25,31)(H,28,29)(H,33,34). The first-order valence-electron chi connectivity index (χ1n) is 10.4. The van der Waals surface area contributed by atoms with E-state index in [9.17, 15) is 38.7 Å². The van der Waals surface area contributed by atoms with Crippen molar-refractivity contribution in [3.8, 4) is 0 Å². The predicted molar refractivity (Wildman–Crippen MR) is 124 cm³/mol. The van der Waals surface area contributed by atoms with Crippen LogP contribution in [0.2, 0.25) is 0 Å². The van der Waals surface area contributed by atoms with E-state index in [0.29, 0.717) is 5.75 Å². The Hall–Kier alpha value is -3.40. The molecule has 4 atom stereocenters. The molecule has 0 saturated heterocycles. The van der Waals surface area contributed by atoms with E-state index in [4.69, 9.17) is 22.3 Å². The SMILES string of the molecule is CSCCC(NC(=O)C(N)CC(N)=O)C(=O)NC(CCC(=O)O)C(=O)NC(CCC(N)=O)C(=O)O. The second-order valence-electron chi connectivity index (χ2n) is 7.52. The lowest BCUT2D eigenvalue weighted by Gasteiger charge is -2.25. The maximum Gasteiger partial charge on any atom is 0.326 e. The maximum absolute atomic E-state index is 12.9. The molecule has 5 amide bonds. The fourth-order valence-corrected chi connectivity index (χ4v) is 3.19. The van der Waals surface area contributed by atoms with Crippen LogP contribution in [-0.4, -0.2) is 87.9 Å². The van der Waals surface area contributed by atoms with Crippen molar-refractivity contribution < 1.29 is 43.8 Å². The quantitative estimate of drug-likeness (QED) is 0.0882. The lowest BCUT2D eigenvalue weighted by atomic mass is 10.1. The van der Waals surface area contributed by atoms with Crippen LogP contribution in [0.3, 0.4) is 0 Å². The summed E-state index contributed by atoms with van der Waals surface area (Å²) >= 11 is 1.36. The van der Waals surface area contributed by atoms with E-state index in [2.05, 4.69) is 16.0 Å². The Morgan fingerprint density at radius 1 is 0.743 bits per heavy atom. The summed E-state index contributed by atoms with van der Waals surface area (Å²) in [7, 11) is 0. The van der Waals surface area contributed by atoms with Crippen LogP contribution >= 0.6 is 11.8 Å². The molecule has 0 aliphatic heterocycles. The van der Waals surface area contributed by atoms with Gasteiger partial charge in [-0.05, 0) is 31.3 Å². The number of primary amides is 2. The minimum Gasteiger partial charge on any atom is -0.481 e. The summed E-state index contributed by atoms with van der Waals surface area (Å²) in [5, 5.41) is 25.1. The first-order valence-corrected chi connectivity index (χ1v) is 11.8. The predicted octanol–water partition coefficient (Wildman–Crippen LogP) is -3.39. The first-order chi connectivity index (χ1) is 16.3. The minimum atomic E-state index is -1.52. The molecule has 0 aliphatic rings. The molecule has 0 heterocycles. The summed E-state index contributed by atoms with van der Waals surface area (Å²) in [5.41, 5.74) is 15.6. The molecule has 35 heavy (non-hydrogen) atoms. The van der Waals surface area contributed by atoms with E-state index in [0.717, 1.165) is 0 Å². The minimum absolute atomic E-state index is 0.103. The van der Waals surface area contributed by atoms with Gasteiger partial charge in [-0.25, -0.2) is 4.79 Å². The van der Waals surface area contributed by atoms with Gasteiger partial charge < -0.3 is 43.4 Å². The molecule has 0 aromatic carbocycles. The number of carbonyl (C=O) groups excluding carboxylic acids is 5. The topological polar surface area (TPSA) is 274 Å². The molecule has 0 spiro atoms. The maximum atomic E-state index is 12.9. The van der Waals surface area contributed by atoms with E-state index in [1.165, 1.54) is 11.8 Å². The number of hydrogen-bond donors (Lipinski definition) is 8. The van der Waals surface area contributed by atoms with E-state index in [-0.39, 0.29) is 25.7 Å². The number of nitrogens with one attached hydrogen (secondary N) is 3. The number of carboxylic acids is 2. The van der Waals surface area contributed by atoms with Gasteiger partial charge >= 0.3 is 11.9 Å². The molecule has 0 aliphatic carbocycles. The molecule has 198 valence electrons. The Morgan fingerprint density at radius 2 is 1.23 bits per heavy atom. The van der Waals surface area contributed by atoms with Gasteiger partial charge in [-0.2, -0.15) is 11.8 Å². The fourth-order valence-electron chi connectivity index (χ4n) is 2.72. The molecular formula is C19H32N6O9S. The summed E-state index contributed by atoms with van der Waals surface area (Å²) in [6.07, 6.45) is -0.198. The van der Waals surface area contributed by atoms with Crippen LogP contribution in [-0.2, 0) is 33.6 Å². The van der Waals surface area contributed by atoms with Gasteiger partial charge in [-0.3, -0.25) is 28.8 Å². The Balaban J connectivity index is 5.55. The Bertz CT molecular complexity index is 810. The number of amides is 5. The molecule has 0 aromatic heterocycles. The lowest BCUT2D eigenvalue weighted by molar-refractivity contribution is -0.143. The van der Waals surface area contributed by atoms with Crippen molar-refractivity contribution in [1.29, 1.82) is 0 Å². The fraction of sp³-hybridized carbons (Fsp3) is 0.632. The Labute approximate surface area is 205 Å². The zero-order valence-corrected chi connectivity index (χ0v) is 20.0. The highest BCUT2D eigenvalue weighted by Gasteiger charge is 2.30. The molecule has 0 fully saturated rings. The molecular weight excluding hydrogens is 488 g/mol. The van der Waals surface area contributed by atoms with Crippen molar-refractivity contribution in [1.82, 2.24) is 16.0 Å². The summed E-state index contributed by atoms with van der Waals surface area (Å²) in [5.74, 6) is -6.64. The Morgan fingerprint density at radius 3 is 1.69 bits per heavy atom. The average Bonchev–Trinajstić information content (AvgIpc) is 2.75. The number of aliphatic carboxylic acids is 2. The van der Waals surface area contributed by atoms with Crippen molar-refractivity contribution in [2.75, 3.05) is 12.0 Å². The van der Waals surface area contributed by atoms with Gasteiger partial charge in [0.1, 0.15) is 18.1 Å². The third-order valence-corrected chi connectivity index (χ3v) is 5.22. The number of carbonyl (C=O) groups is 7. The normalized spacial score (nSPS) is 14.0. The molecule has 11 N–H and O–H groups in total. The molecule has 0 saturated carbocycles. The smallest absolute Gasteiger partial charge is 0.326 e. The third-order valence-electron chi connectivity index (χ3n) is 4.58. The van der Waals surface area contributed by atoms with Gasteiger partial charge in [-0.1, -0.05) is 0 Å². The second kappa shape index (κ2) is 16.3. The third kappa shape index (κ3) is 13.8. The first kappa shape index (κ1) is 31.6. The van der Waals surface area contributed by atoms with E-state index in [1.54, 1.807) is 6.26 Å². The highest BCUT2D eigenvalue weighted by Crippen LogP contribution is 2.06. The molecule has 16 heteroatoms. The number of nitrogens with two attached hydrogens (primary N) is 3. The average molecular weight is 521 g/mol. The molecule has 4 unspecified atom stereocenters. The summed E-state index contributed by atoms with van der Waals surface area (Å²) in [6.45, 7) is 0. The van der Waals surface area contributed by atoms with Crippen LogP contribution in [0, 0.1) is 0 Å². The van der Waals surface area contributed by atoms with E-state index in [1.807, 2.05) is 0 Å². The van der Waals surface area contributed by atoms with Gasteiger partial charge in [0.15, 0.2) is 0 Å². The van der Waals surface area contributed by atoms with Crippen molar-refractivity contribution in [3.05, 3.63) is 0 Å². The molecule has 0 radical (unpaired) electrons. The number of rotatable bonds is 18. The van der Waals surface area contributed by atoms with Crippen molar-refractivity contribution >= 4 is 53.2 Å². The monoisotopic (exact) mass is 520 g/mol. The second-order valence-corrected chi connectivity index (χ2v) is 8.50. The number of carboxylic acid groups (broad SMARTS) is 2. The van der Waals surface area contributed by atoms with Gasteiger partial charge in [0.05, 0.1) is 12.5 Å². The lowest BCUT2D eigenvalue weighted by Crippen LogP contribution is -2.57. The van der Waals surface area contributed by atoms with Crippen molar-refractivity contribution in [2.24, 2.45) is 17.2 Å². The van der Waals surface area contributed by atoms with Gasteiger partial charge in [0.25, 0.3) is 0 Å². The van der Waals surface area contributed by atoms with E-state index >= 15 is 0 Å². The highest BCUT2D eigenvalue weighted by atomic mass is 32.2. The molecule has 0 aromatic rings. The van der Waals surface area contributed by atoms with Crippen molar-refractivity contribution in [2.45, 2.75) is 62.7 Å². The summed E-state index contributed by atoms with van der Waals surface area (Å²) in [4.78, 5) is 82.1. The number of hydrogen-bond acceptors (Lipinski definition) is 9. The summed E-state index contributed by atoms with van der Waals surface area (Å²) < 4.78 is 0. The van der Waals surface area contributed by atoms with Gasteiger partial charge in [-0.15, -0.1) is 0 Å². The van der Waals surface area contributed by atoms with Gasteiger partial charge in [0, 0.05) is 12.8 Å². The highest BCUT2D eigenvalue weighted by molar-refractivity contribution is 7.98. The number of thioether (sulfide) groups is 1. The Kier molecular flexibility index (Phi) is 14.7. The molecule has 0 bridgehead atoms. The van der Waals surface area contributed by atoms with Crippen LogP contribution in [0.25, 0.3) is 0 Å². The molecule has 15 nitrogen and oxygen atoms in total. The van der Waals surface area contributed by atoms with Crippen LogP contribution in [0.5, 0.6) is 0 Å². The van der Waals surface area contributed by atoms with Crippen LogP contribution in [0.1, 0.15) is 38.5 Å². The van der Waals surface area contributed by atoms with Gasteiger partial charge in [0.2, 0.25) is 29.5 Å². The van der Waals surface area contributed by atoms with E-state index < -0.39 is 78.5 Å². The largest absolute Gasteiger partial charge is 0.481 e. The van der Waals surface area contributed by atoms with Crippen LogP contribution < -0.4 is 33.2 Å². The van der Waals surface area contributed by atoms with Crippen LogP contribution in [0.4, 0.5) is 0 Å². The zero-order valence-electron chi connectivity index (χ0n) is 19.2. The molecule has 0 rings (SSSR count). The zero-order chi connectivity index (χ0) is 27.1. The van der Waals surface area contributed by atoms with Crippen LogP contribution in [0.15, 0.2) is 0 Å². The van der Waals surface area contributed by atoms with Crippen molar-refractivity contribution in [3.63, 3.8) is 0 Å².